The van der Waals surface area contributed by atoms with Crippen molar-refractivity contribution in [1.29, 1.82) is 0 Å². The molecule has 3 aromatic rings. The van der Waals surface area contributed by atoms with Gasteiger partial charge in [-0.1, -0.05) is 48.0 Å². The number of nitrogens with one attached hydrogen (secondary N) is 1. The van der Waals surface area contributed by atoms with E-state index in [-0.39, 0.29) is 0 Å². The van der Waals surface area contributed by atoms with Gasteiger partial charge in [-0.3, -0.25) is 4.90 Å². The Hall–Kier alpha value is -2.10. The highest BCUT2D eigenvalue weighted by molar-refractivity contribution is 6.31. The summed E-state index contributed by atoms with van der Waals surface area (Å²) in [6, 6.07) is 16.3. The Morgan fingerprint density at radius 3 is 2.75 bits per heavy atom. The van der Waals surface area contributed by atoms with Gasteiger partial charge in [0.05, 0.1) is 11.0 Å². The first kappa shape index (κ1) is 15.4. The molecule has 1 aromatic heterocycles. The van der Waals surface area contributed by atoms with E-state index in [4.69, 9.17) is 16.6 Å². The Morgan fingerprint density at radius 2 is 1.88 bits per heavy atom. The summed E-state index contributed by atoms with van der Waals surface area (Å²) in [5, 5.41) is 0.854. The number of halogens is 1. The fraction of sp³-hybridized carbons (Fsp3) is 0.250. The van der Waals surface area contributed by atoms with Crippen LogP contribution in [0.25, 0.3) is 16.6 Å². The van der Waals surface area contributed by atoms with Crippen LogP contribution in [0, 0.1) is 0 Å². The van der Waals surface area contributed by atoms with Crippen LogP contribution in [0.15, 0.2) is 54.6 Å². The number of rotatable bonds is 3. The summed E-state index contributed by atoms with van der Waals surface area (Å²) in [5.41, 5.74) is 4.65. The fourth-order valence-electron chi connectivity index (χ4n) is 3.26. The summed E-state index contributed by atoms with van der Waals surface area (Å²) in [7, 11) is 0. The van der Waals surface area contributed by atoms with Crippen molar-refractivity contribution in [3.05, 3.63) is 71.0 Å². The molecule has 3 nitrogen and oxygen atoms in total. The van der Waals surface area contributed by atoms with Gasteiger partial charge in [-0.15, -0.1) is 0 Å². The maximum absolute atomic E-state index is 6.30. The number of aromatic nitrogens is 2. The molecule has 0 saturated heterocycles. The molecule has 0 fully saturated rings. The average molecular weight is 338 g/mol. The Labute approximate surface area is 147 Å². The van der Waals surface area contributed by atoms with Crippen LogP contribution in [0.1, 0.15) is 24.2 Å². The Morgan fingerprint density at radius 1 is 1.04 bits per heavy atom. The first-order valence-corrected chi connectivity index (χ1v) is 8.77. The number of hydrogen-bond donors (Lipinski definition) is 1. The molecule has 0 atom stereocenters. The van der Waals surface area contributed by atoms with Crippen molar-refractivity contribution in [3.63, 3.8) is 0 Å². The smallest absolute Gasteiger partial charge is 0.134 e. The molecule has 2 heterocycles. The van der Waals surface area contributed by atoms with Crippen molar-refractivity contribution >= 4 is 28.2 Å². The minimum absolute atomic E-state index is 0.854. The van der Waals surface area contributed by atoms with Gasteiger partial charge in [0.25, 0.3) is 0 Å². The lowest BCUT2D eigenvalue weighted by Gasteiger charge is -2.20. The fourth-order valence-corrected chi connectivity index (χ4v) is 3.45. The van der Waals surface area contributed by atoms with Gasteiger partial charge < -0.3 is 4.98 Å². The van der Waals surface area contributed by atoms with Crippen molar-refractivity contribution in [2.24, 2.45) is 0 Å². The molecule has 0 unspecified atom stereocenters. The molecule has 0 spiro atoms. The molecule has 2 aromatic carbocycles. The Kier molecular flexibility index (Phi) is 4.37. The number of benzene rings is 2. The van der Waals surface area contributed by atoms with Crippen molar-refractivity contribution in [3.8, 4) is 0 Å². The zero-order chi connectivity index (χ0) is 16.4. The molecular formula is C20H20ClN3. The molecule has 0 radical (unpaired) electrons. The topological polar surface area (TPSA) is 31.9 Å². The predicted octanol–water partition coefficient (Wildman–Crippen LogP) is 4.90. The lowest BCUT2D eigenvalue weighted by atomic mass is 10.1. The Balaban J connectivity index is 1.47. The van der Waals surface area contributed by atoms with E-state index in [9.17, 15) is 0 Å². The third-order valence-corrected chi connectivity index (χ3v) is 4.95. The highest BCUT2D eigenvalue weighted by Gasteiger charge is 2.15. The molecule has 1 aliphatic heterocycles. The third-order valence-electron chi connectivity index (χ3n) is 4.58. The van der Waals surface area contributed by atoms with E-state index in [1.54, 1.807) is 0 Å². The number of aromatic amines is 1. The second-order valence-electron chi connectivity index (χ2n) is 6.24. The van der Waals surface area contributed by atoms with Crippen molar-refractivity contribution < 1.29 is 0 Å². The van der Waals surface area contributed by atoms with Crippen molar-refractivity contribution in [1.82, 2.24) is 14.9 Å². The first-order chi connectivity index (χ1) is 11.8. The van der Waals surface area contributed by atoms with Crippen molar-refractivity contribution in [2.45, 2.75) is 19.4 Å². The van der Waals surface area contributed by atoms with Crippen LogP contribution in [0.3, 0.4) is 0 Å². The van der Waals surface area contributed by atoms with Crippen LogP contribution in [0.4, 0.5) is 0 Å². The van der Waals surface area contributed by atoms with E-state index in [2.05, 4.69) is 40.2 Å². The normalized spacial score (nSPS) is 16.1. The molecule has 0 amide bonds. The molecule has 24 heavy (non-hydrogen) atoms. The molecule has 122 valence electrons. The maximum atomic E-state index is 6.30. The average Bonchev–Trinajstić information content (AvgIpc) is 2.89. The molecule has 4 heteroatoms. The van der Waals surface area contributed by atoms with Crippen LogP contribution in [0.5, 0.6) is 0 Å². The summed E-state index contributed by atoms with van der Waals surface area (Å²) in [6.07, 6.45) is 4.37. The SMILES string of the molecule is Clc1ccccc1CN1CCC=C(c2nc3ccccc3[nH]2)CC1. The van der Waals surface area contributed by atoms with Crippen LogP contribution in [-0.4, -0.2) is 28.0 Å². The van der Waals surface area contributed by atoms with E-state index in [1.165, 1.54) is 11.1 Å². The number of para-hydroxylation sites is 2. The van der Waals surface area contributed by atoms with E-state index in [0.29, 0.717) is 0 Å². The molecule has 1 N–H and O–H groups in total. The van der Waals surface area contributed by atoms with Gasteiger partial charge in [0.15, 0.2) is 0 Å². The molecule has 1 aliphatic rings. The van der Waals surface area contributed by atoms with E-state index in [1.807, 2.05) is 24.3 Å². The Bertz CT molecular complexity index is 848. The van der Waals surface area contributed by atoms with Crippen LogP contribution < -0.4 is 0 Å². The number of hydrogen-bond acceptors (Lipinski definition) is 2. The predicted molar refractivity (Wildman–Crippen MR) is 100 cm³/mol. The molecule has 0 aliphatic carbocycles. The van der Waals surface area contributed by atoms with Crippen LogP contribution in [0.2, 0.25) is 5.02 Å². The van der Waals surface area contributed by atoms with E-state index in [0.717, 1.165) is 54.4 Å². The van der Waals surface area contributed by atoms with Gasteiger partial charge in [0.2, 0.25) is 0 Å². The van der Waals surface area contributed by atoms with Crippen LogP contribution >= 0.6 is 11.6 Å². The second-order valence-corrected chi connectivity index (χ2v) is 6.65. The number of H-pyrrole nitrogens is 1. The van der Waals surface area contributed by atoms with Gasteiger partial charge in [0.1, 0.15) is 5.82 Å². The van der Waals surface area contributed by atoms with Crippen molar-refractivity contribution in [2.75, 3.05) is 13.1 Å². The summed E-state index contributed by atoms with van der Waals surface area (Å²) in [6.45, 7) is 2.98. The standard InChI is InChI=1S/C20H20ClN3/c21-17-8-2-1-6-16(17)14-24-12-5-7-15(11-13-24)20-22-18-9-3-4-10-19(18)23-20/h1-4,6-10H,5,11-14H2,(H,22,23). The highest BCUT2D eigenvalue weighted by atomic mass is 35.5. The monoisotopic (exact) mass is 337 g/mol. The van der Waals surface area contributed by atoms with Gasteiger partial charge in [-0.2, -0.15) is 0 Å². The summed E-state index contributed by atoms with van der Waals surface area (Å²) < 4.78 is 0. The van der Waals surface area contributed by atoms with Crippen LogP contribution in [-0.2, 0) is 6.54 Å². The quantitative estimate of drug-likeness (QED) is 0.737. The lowest BCUT2D eigenvalue weighted by Crippen LogP contribution is -2.24. The largest absolute Gasteiger partial charge is 0.338 e. The maximum Gasteiger partial charge on any atom is 0.134 e. The molecule has 0 bridgehead atoms. The summed E-state index contributed by atoms with van der Waals surface area (Å²) >= 11 is 6.30. The molecule has 4 rings (SSSR count). The minimum Gasteiger partial charge on any atom is -0.338 e. The number of fused-ring (bicyclic) bond motifs is 1. The number of nitrogens with zero attached hydrogens (tertiary/aromatic N) is 2. The lowest BCUT2D eigenvalue weighted by molar-refractivity contribution is 0.281. The van der Waals surface area contributed by atoms with Gasteiger partial charge in [-0.25, -0.2) is 4.98 Å². The van der Waals surface area contributed by atoms with E-state index >= 15 is 0 Å². The first-order valence-electron chi connectivity index (χ1n) is 8.39. The highest BCUT2D eigenvalue weighted by Crippen LogP contribution is 2.24. The molecule has 0 saturated carbocycles. The zero-order valence-corrected chi connectivity index (χ0v) is 14.3. The van der Waals surface area contributed by atoms with Gasteiger partial charge in [0, 0.05) is 24.7 Å². The minimum atomic E-state index is 0.854. The van der Waals surface area contributed by atoms with E-state index < -0.39 is 0 Å². The number of imidazole rings is 1. The summed E-state index contributed by atoms with van der Waals surface area (Å²) in [5.74, 6) is 1.01. The third kappa shape index (κ3) is 3.23. The zero-order valence-electron chi connectivity index (χ0n) is 13.5. The summed E-state index contributed by atoms with van der Waals surface area (Å²) in [4.78, 5) is 10.7. The second kappa shape index (κ2) is 6.80. The van der Waals surface area contributed by atoms with Gasteiger partial charge in [-0.05, 0) is 42.2 Å². The van der Waals surface area contributed by atoms with Gasteiger partial charge >= 0.3 is 0 Å². The molecular weight excluding hydrogens is 318 g/mol.